The summed E-state index contributed by atoms with van der Waals surface area (Å²) in [5, 5.41) is 10.9. The largest absolute Gasteiger partial charge is 0.451 e. The fourth-order valence-corrected chi connectivity index (χ4v) is 5.33. The van der Waals surface area contributed by atoms with Crippen molar-refractivity contribution in [3.63, 3.8) is 0 Å². The van der Waals surface area contributed by atoms with Crippen molar-refractivity contribution in [1.82, 2.24) is 20.2 Å². The van der Waals surface area contributed by atoms with E-state index in [4.69, 9.17) is 4.74 Å². The van der Waals surface area contributed by atoms with Crippen LogP contribution in [0.4, 0.5) is 0 Å². The molecule has 0 spiro atoms. The Bertz CT molecular complexity index is 1210. The van der Waals surface area contributed by atoms with Gasteiger partial charge in [0.05, 0.1) is 11.4 Å². The first-order chi connectivity index (χ1) is 14.3. The van der Waals surface area contributed by atoms with E-state index < -0.39 is 27.3 Å². The average molecular weight is 489 g/mol. The van der Waals surface area contributed by atoms with E-state index in [0.717, 1.165) is 4.47 Å². The smallest absolute Gasteiger partial charge is 0.331 e. The van der Waals surface area contributed by atoms with Crippen molar-refractivity contribution in [3.8, 4) is 5.69 Å². The third-order valence-electron chi connectivity index (χ3n) is 4.94. The third-order valence-corrected chi connectivity index (χ3v) is 7.05. The second kappa shape index (κ2) is 7.77. The first-order valence-electron chi connectivity index (χ1n) is 9.03. The lowest BCUT2D eigenvalue weighted by molar-refractivity contribution is -0.145. The number of tetrazole rings is 1. The highest BCUT2D eigenvalue weighted by Crippen LogP contribution is 2.38. The van der Waals surface area contributed by atoms with Gasteiger partial charge in [0.15, 0.2) is 0 Å². The summed E-state index contributed by atoms with van der Waals surface area (Å²) in [7, 11) is -3.96. The standard InChI is InChI=1S/C20H17BrN4O4S/c1-20(12-11-18(26)29-20)17(14-7-9-15(21)10-8-14)13-30(27,28)19-22-23-24-25(19)16-5-3-2-4-6-16/h2-12,17H,13H2,1H3/t17-,20+/m1/s1. The van der Waals surface area contributed by atoms with Crippen LogP contribution in [0.2, 0.25) is 0 Å². The number of aromatic nitrogens is 4. The van der Waals surface area contributed by atoms with E-state index in [1.807, 2.05) is 18.2 Å². The molecule has 0 unspecified atom stereocenters. The molecule has 1 aromatic heterocycles. The van der Waals surface area contributed by atoms with E-state index >= 15 is 0 Å². The second-order valence-corrected chi connectivity index (χ2v) is 9.88. The quantitative estimate of drug-likeness (QED) is 0.491. The number of benzene rings is 2. The molecule has 0 radical (unpaired) electrons. The molecule has 1 aliphatic rings. The van der Waals surface area contributed by atoms with Gasteiger partial charge in [-0.15, -0.1) is 0 Å². The SMILES string of the molecule is C[C@@]1([C@H](CS(=O)(=O)c2nnnn2-c2ccccc2)c2ccc(Br)cc2)C=CC(=O)O1. The molecule has 10 heteroatoms. The van der Waals surface area contributed by atoms with E-state index in [2.05, 4.69) is 31.5 Å². The molecule has 0 N–H and O–H groups in total. The highest BCUT2D eigenvalue weighted by Gasteiger charge is 2.43. The second-order valence-electron chi connectivity index (χ2n) is 7.03. The van der Waals surface area contributed by atoms with Gasteiger partial charge in [-0.1, -0.05) is 51.4 Å². The number of esters is 1. The van der Waals surface area contributed by atoms with Crippen molar-refractivity contribution in [3.05, 3.63) is 76.8 Å². The summed E-state index contributed by atoms with van der Waals surface area (Å²) in [4.78, 5) is 11.8. The zero-order valence-corrected chi connectivity index (χ0v) is 18.2. The normalized spacial score (nSPS) is 19.6. The van der Waals surface area contributed by atoms with Crippen LogP contribution in [0.3, 0.4) is 0 Å². The van der Waals surface area contributed by atoms with Crippen LogP contribution in [0.15, 0.2) is 76.4 Å². The van der Waals surface area contributed by atoms with Crippen molar-refractivity contribution < 1.29 is 17.9 Å². The van der Waals surface area contributed by atoms with Gasteiger partial charge in [0.25, 0.3) is 5.16 Å². The molecule has 0 saturated heterocycles. The molecule has 0 fully saturated rings. The zero-order valence-electron chi connectivity index (χ0n) is 15.8. The summed E-state index contributed by atoms with van der Waals surface area (Å²) in [5.41, 5.74) is 0.116. The molecule has 1 aliphatic heterocycles. The van der Waals surface area contributed by atoms with Crippen molar-refractivity contribution in [2.75, 3.05) is 5.75 Å². The van der Waals surface area contributed by atoms with E-state index in [-0.39, 0.29) is 10.9 Å². The first-order valence-corrected chi connectivity index (χ1v) is 11.5. The molecule has 0 aliphatic carbocycles. The molecule has 30 heavy (non-hydrogen) atoms. The fraction of sp³-hybridized carbons (Fsp3) is 0.200. The molecule has 2 atom stereocenters. The number of para-hydroxylation sites is 1. The highest BCUT2D eigenvalue weighted by atomic mass is 79.9. The Labute approximate surface area is 181 Å². The molecule has 4 rings (SSSR count). The molecule has 2 heterocycles. The number of carbonyl (C=O) groups excluding carboxylic acids is 1. The van der Waals surface area contributed by atoms with Gasteiger partial charge < -0.3 is 4.74 Å². The summed E-state index contributed by atoms with van der Waals surface area (Å²) in [6.45, 7) is 1.69. The number of hydrogen-bond donors (Lipinski definition) is 0. The van der Waals surface area contributed by atoms with Crippen LogP contribution < -0.4 is 0 Å². The van der Waals surface area contributed by atoms with Gasteiger partial charge in [-0.3, -0.25) is 0 Å². The maximum atomic E-state index is 13.4. The highest BCUT2D eigenvalue weighted by molar-refractivity contribution is 9.10. The number of ether oxygens (including phenoxy) is 1. The van der Waals surface area contributed by atoms with Crippen molar-refractivity contribution in [2.45, 2.75) is 23.6 Å². The summed E-state index contributed by atoms with van der Waals surface area (Å²) >= 11 is 3.38. The van der Waals surface area contributed by atoms with Crippen LogP contribution in [0, 0.1) is 0 Å². The average Bonchev–Trinajstić information content (AvgIpc) is 3.35. The molecule has 0 amide bonds. The van der Waals surface area contributed by atoms with Crippen LogP contribution in [-0.4, -0.2) is 45.9 Å². The Morgan fingerprint density at radius 3 is 2.47 bits per heavy atom. The molecule has 8 nitrogen and oxygen atoms in total. The number of sulfone groups is 1. The maximum Gasteiger partial charge on any atom is 0.331 e. The fourth-order valence-electron chi connectivity index (χ4n) is 3.39. The van der Waals surface area contributed by atoms with E-state index in [0.29, 0.717) is 11.3 Å². The van der Waals surface area contributed by atoms with E-state index in [9.17, 15) is 13.2 Å². The van der Waals surface area contributed by atoms with Gasteiger partial charge >= 0.3 is 5.97 Å². The molecule has 154 valence electrons. The number of carbonyl (C=O) groups is 1. The minimum Gasteiger partial charge on any atom is -0.451 e. The third kappa shape index (κ3) is 3.92. The van der Waals surface area contributed by atoms with Crippen LogP contribution in [0.1, 0.15) is 18.4 Å². The van der Waals surface area contributed by atoms with Crippen LogP contribution in [-0.2, 0) is 19.4 Å². The van der Waals surface area contributed by atoms with Crippen molar-refractivity contribution in [1.29, 1.82) is 0 Å². The Balaban J connectivity index is 1.75. The Morgan fingerprint density at radius 2 is 1.83 bits per heavy atom. The number of nitrogens with zero attached hydrogens (tertiary/aromatic N) is 4. The topological polar surface area (TPSA) is 104 Å². The van der Waals surface area contributed by atoms with Gasteiger partial charge in [0.1, 0.15) is 5.60 Å². The number of rotatable bonds is 6. The van der Waals surface area contributed by atoms with Crippen LogP contribution in [0.5, 0.6) is 0 Å². The van der Waals surface area contributed by atoms with Gasteiger partial charge in [0.2, 0.25) is 9.84 Å². The number of cyclic esters (lactones) is 1. The van der Waals surface area contributed by atoms with Gasteiger partial charge in [-0.2, -0.15) is 4.68 Å². The monoisotopic (exact) mass is 488 g/mol. The summed E-state index contributed by atoms with van der Waals surface area (Å²) in [6.07, 6.45) is 2.91. The van der Waals surface area contributed by atoms with Gasteiger partial charge in [0, 0.05) is 16.5 Å². The first kappa shape index (κ1) is 20.4. The molecule has 0 bridgehead atoms. The maximum absolute atomic E-state index is 13.4. The minimum absolute atomic E-state index is 0.271. The van der Waals surface area contributed by atoms with E-state index in [1.165, 1.54) is 10.8 Å². The predicted molar refractivity (Wildman–Crippen MR) is 112 cm³/mol. The lowest BCUT2D eigenvalue weighted by Gasteiger charge is -2.31. The lowest BCUT2D eigenvalue weighted by Crippen LogP contribution is -2.37. The van der Waals surface area contributed by atoms with Crippen LogP contribution >= 0.6 is 15.9 Å². The summed E-state index contributed by atoms with van der Waals surface area (Å²) in [6, 6.07) is 16.0. The molecule has 2 aromatic carbocycles. The van der Waals surface area contributed by atoms with Gasteiger partial charge in [-0.05, 0) is 53.3 Å². The lowest BCUT2D eigenvalue weighted by atomic mass is 9.85. The van der Waals surface area contributed by atoms with Gasteiger partial charge in [-0.25, -0.2) is 13.2 Å². The number of halogens is 1. The summed E-state index contributed by atoms with van der Waals surface area (Å²) in [5.74, 6) is -1.53. The molecule has 3 aromatic rings. The molecular weight excluding hydrogens is 472 g/mol. The Hall–Kier alpha value is -2.85. The van der Waals surface area contributed by atoms with Crippen LogP contribution in [0.25, 0.3) is 5.69 Å². The van der Waals surface area contributed by atoms with E-state index in [1.54, 1.807) is 49.4 Å². The summed E-state index contributed by atoms with van der Waals surface area (Å²) < 4.78 is 34.3. The number of hydrogen-bond acceptors (Lipinski definition) is 7. The molecular formula is C20H17BrN4O4S. The zero-order chi connectivity index (χ0) is 21.4. The van der Waals surface area contributed by atoms with Crippen molar-refractivity contribution in [2.24, 2.45) is 0 Å². The predicted octanol–water partition coefficient (Wildman–Crippen LogP) is 2.85. The Kier molecular flexibility index (Phi) is 5.29. The Morgan fingerprint density at radius 1 is 1.13 bits per heavy atom. The minimum atomic E-state index is -3.96. The van der Waals surface area contributed by atoms with Crippen molar-refractivity contribution >= 4 is 31.7 Å². The molecule has 0 saturated carbocycles.